The Labute approximate surface area is 147 Å². The van der Waals surface area contributed by atoms with Crippen molar-refractivity contribution in [2.75, 3.05) is 25.5 Å². The number of anilines is 1. The molecular weight excluding hydrogens is 318 g/mol. The Balaban J connectivity index is 0.000000150. The fraction of sp³-hybridized carbons (Fsp3) is 0.611. The summed E-state index contributed by atoms with van der Waals surface area (Å²) in [6, 6.07) is 1.95. The Bertz CT molecular complexity index is 704. The molecule has 0 spiro atoms. The fourth-order valence-electron chi connectivity index (χ4n) is 3.87. The van der Waals surface area contributed by atoms with Gasteiger partial charge >= 0.3 is 0 Å². The molecule has 1 aliphatic carbocycles. The van der Waals surface area contributed by atoms with Crippen molar-refractivity contribution >= 4 is 22.8 Å². The number of rotatable bonds is 3. The summed E-state index contributed by atoms with van der Waals surface area (Å²) in [4.78, 5) is 24.6. The molecule has 1 saturated carbocycles. The molecule has 25 heavy (non-hydrogen) atoms. The number of aliphatic hydroxyl groups is 1. The van der Waals surface area contributed by atoms with E-state index in [9.17, 15) is 9.90 Å². The van der Waals surface area contributed by atoms with Gasteiger partial charge in [0.25, 0.3) is 5.91 Å². The number of likely N-dealkylation sites (tertiary alicyclic amines) is 1. The van der Waals surface area contributed by atoms with Gasteiger partial charge in [-0.3, -0.25) is 4.79 Å². The van der Waals surface area contributed by atoms with Crippen LogP contribution >= 0.6 is 0 Å². The Morgan fingerprint density at radius 2 is 2.12 bits per heavy atom. The molecular formula is C18H27N5O2. The van der Waals surface area contributed by atoms with E-state index in [0.717, 1.165) is 41.8 Å². The summed E-state index contributed by atoms with van der Waals surface area (Å²) in [6.07, 6.45) is 7.02. The SMILES string of the molecule is CCC(O)C(=O)N1CC2CCCC2C1.CNc1ncnc2[nH]ccc12. The van der Waals surface area contributed by atoms with Gasteiger partial charge in [-0.2, -0.15) is 0 Å². The predicted octanol–water partition coefficient (Wildman–Crippen LogP) is 2.02. The lowest BCUT2D eigenvalue weighted by Gasteiger charge is -2.19. The van der Waals surface area contributed by atoms with Gasteiger partial charge in [-0.05, 0) is 37.2 Å². The molecule has 3 N–H and O–H groups in total. The molecule has 3 unspecified atom stereocenters. The predicted molar refractivity (Wildman–Crippen MR) is 97.1 cm³/mol. The zero-order valence-electron chi connectivity index (χ0n) is 14.9. The first-order valence-corrected chi connectivity index (χ1v) is 9.06. The van der Waals surface area contributed by atoms with Gasteiger partial charge in [-0.25, -0.2) is 9.97 Å². The molecule has 7 nitrogen and oxygen atoms in total. The molecule has 1 aliphatic heterocycles. The average Bonchev–Trinajstić information content (AvgIpc) is 3.35. The topological polar surface area (TPSA) is 94.1 Å². The quantitative estimate of drug-likeness (QED) is 0.791. The number of hydrogen-bond donors (Lipinski definition) is 3. The fourth-order valence-corrected chi connectivity index (χ4v) is 3.87. The third-order valence-electron chi connectivity index (χ3n) is 5.30. The maximum Gasteiger partial charge on any atom is 0.251 e. The van der Waals surface area contributed by atoms with Crippen LogP contribution in [0.15, 0.2) is 18.6 Å². The van der Waals surface area contributed by atoms with Crippen molar-refractivity contribution in [1.29, 1.82) is 0 Å². The van der Waals surface area contributed by atoms with Crippen molar-refractivity contribution in [1.82, 2.24) is 19.9 Å². The molecule has 2 aromatic rings. The molecule has 2 aliphatic rings. The number of amides is 1. The lowest BCUT2D eigenvalue weighted by atomic mass is 10.0. The van der Waals surface area contributed by atoms with Crippen LogP contribution in [0.1, 0.15) is 32.6 Å². The molecule has 0 radical (unpaired) electrons. The summed E-state index contributed by atoms with van der Waals surface area (Å²) in [5.41, 5.74) is 0.865. The zero-order valence-corrected chi connectivity index (χ0v) is 14.9. The molecule has 1 saturated heterocycles. The number of H-pyrrole nitrogens is 1. The van der Waals surface area contributed by atoms with E-state index < -0.39 is 6.10 Å². The first-order chi connectivity index (χ1) is 12.1. The van der Waals surface area contributed by atoms with E-state index >= 15 is 0 Å². The number of aromatic amines is 1. The number of nitrogens with one attached hydrogen (secondary N) is 2. The van der Waals surface area contributed by atoms with E-state index in [1.54, 1.807) is 0 Å². The molecule has 2 fully saturated rings. The van der Waals surface area contributed by atoms with Crippen LogP contribution in [0, 0.1) is 11.8 Å². The van der Waals surface area contributed by atoms with E-state index in [4.69, 9.17) is 0 Å². The molecule has 3 atom stereocenters. The molecule has 2 aromatic heterocycles. The van der Waals surface area contributed by atoms with Crippen LogP contribution in [0.25, 0.3) is 11.0 Å². The average molecular weight is 345 g/mol. The van der Waals surface area contributed by atoms with Crippen LogP contribution in [0.3, 0.4) is 0 Å². The highest BCUT2D eigenvalue weighted by Crippen LogP contribution is 2.37. The Hall–Kier alpha value is -2.15. The zero-order chi connectivity index (χ0) is 17.8. The minimum atomic E-state index is -0.770. The minimum absolute atomic E-state index is 0.0538. The van der Waals surface area contributed by atoms with E-state index in [0.29, 0.717) is 6.42 Å². The van der Waals surface area contributed by atoms with Gasteiger partial charge in [-0.1, -0.05) is 13.3 Å². The largest absolute Gasteiger partial charge is 0.383 e. The van der Waals surface area contributed by atoms with E-state index in [2.05, 4.69) is 20.3 Å². The monoisotopic (exact) mass is 345 g/mol. The lowest BCUT2D eigenvalue weighted by Crippen LogP contribution is -2.37. The number of hydrogen-bond acceptors (Lipinski definition) is 5. The highest BCUT2D eigenvalue weighted by atomic mass is 16.3. The van der Waals surface area contributed by atoms with Crippen molar-refractivity contribution in [2.24, 2.45) is 11.8 Å². The second-order valence-corrected chi connectivity index (χ2v) is 6.83. The molecule has 3 heterocycles. The first kappa shape index (κ1) is 17.7. The first-order valence-electron chi connectivity index (χ1n) is 9.06. The summed E-state index contributed by atoms with van der Waals surface area (Å²) in [7, 11) is 1.84. The Morgan fingerprint density at radius 3 is 2.76 bits per heavy atom. The summed E-state index contributed by atoms with van der Waals surface area (Å²) < 4.78 is 0. The number of aliphatic hydroxyl groups excluding tert-OH is 1. The number of aromatic nitrogens is 3. The van der Waals surface area contributed by atoms with Gasteiger partial charge < -0.3 is 20.3 Å². The van der Waals surface area contributed by atoms with Crippen molar-refractivity contribution < 1.29 is 9.90 Å². The third kappa shape index (κ3) is 3.76. The third-order valence-corrected chi connectivity index (χ3v) is 5.30. The van der Waals surface area contributed by atoms with Crippen LogP contribution in [0.2, 0.25) is 0 Å². The summed E-state index contributed by atoms with van der Waals surface area (Å²) in [5, 5.41) is 13.5. The highest BCUT2D eigenvalue weighted by Gasteiger charge is 2.38. The standard InChI is InChI=1S/C11H19NO2.C7H8N4/c1-2-10(13)11(14)12-6-8-4-3-5-9(8)7-12;1-8-6-5-2-3-9-7(5)11-4-10-6/h8-10,13H,2-7H2,1H3;2-4H,1H3,(H2,8,9,10,11). The van der Waals surface area contributed by atoms with Crippen molar-refractivity contribution in [2.45, 2.75) is 38.7 Å². The molecule has 4 rings (SSSR count). The molecule has 7 heteroatoms. The maximum absolute atomic E-state index is 11.7. The Morgan fingerprint density at radius 1 is 1.40 bits per heavy atom. The van der Waals surface area contributed by atoms with Crippen LogP contribution in [0.4, 0.5) is 5.82 Å². The molecule has 0 aromatic carbocycles. The van der Waals surface area contributed by atoms with Crippen molar-refractivity contribution in [3.63, 3.8) is 0 Å². The summed E-state index contributed by atoms with van der Waals surface area (Å²) in [5.74, 6) is 2.25. The van der Waals surface area contributed by atoms with E-state index in [1.165, 1.54) is 25.6 Å². The summed E-state index contributed by atoms with van der Waals surface area (Å²) >= 11 is 0. The van der Waals surface area contributed by atoms with Gasteiger partial charge in [0.15, 0.2) is 0 Å². The number of carbonyl (C=O) groups excluding carboxylic acids is 1. The normalized spacial score (nSPS) is 23.1. The van der Waals surface area contributed by atoms with Crippen LogP contribution in [0.5, 0.6) is 0 Å². The second kappa shape index (κ2) is 7.82. The van der Waals surface area contributed by atoms with Crippen molar-refractivity contribution in [3.05, 3.63) is 18.6 Å². The second-order valence-electron chi connectivity index (χ2n) is 6.83. The number of fused-ring (bicyclic) bond motifs is 2. The lowest BCUT2D eigenvalue weighted by molar-refractivity contribution is -0.139. The number of carbonyl (C=O) groups is 1. The smallest absolute Gasteiger partial charge is 0.251 e. The molecule has 1 amide bonds. The summed E-state index contributed by atoms with van der Waals surface area (Å²) in [6.45, 7) is 3.63. The number of nitrogens with zero attached hydrogens (tertiary/aromatic N) is 3. The van der Waals surface area contributed by atoms with Crippen LogP contribution in [-0.4, -0.2) is 57.1 Å². The minimum Gasteiger partial charge on any atom is -0.383 e. The van der Waals surface area contributed by atoms with Gasteiger partial charge in [0.1, 0.15) is 23.9 Å². The molecule has 0 bridgehead atoms. The van der Waals surface area contributed by atoms with Gasteiger partial charge in [0.05, 0.1) is 5.39 Å². The van der Waals surface area contributed by atoms with Crippen LogP contribution in [-0.2, 0) is 4.79 Å². The van der Waals surface area contributed by atoms with Crippen LogP contribution < -0.4 is 5.32 Å². The highest BCUT2D eigenvalue weighted by molar-refractivity contribution is 5.86. The molecule has 136 valence electrons. The van der Waals surface area contributed by atoms with Gasteiger partial charge in [0, 0.05) is 26.3 Å². The van der Waals surface area contributed by atoms with E-state index in [1.807, 2.05) is 31.1 Å². The Kier molecular flexibility index (Phi) is 5.53. The van der Waals surface area contributed by atoms with Crippen molar-refractivity contribution in [3.8, 4) is 0 Å². The maximum atomic E-state index is 11.7. The van der Waals surface area contributed by atoms with Gasteiger partial charge in [0.2, 0.25) is 0 Å². The van der Waals surface area contributed by atoms with E-state index in [-0.39, 0.29) is 5.91 Å². The van der Waals surface area contributed by atoms with Gasteiger partial charge in [-0.15, -0.1) is 0 Å².